The van der Waals surface area contributed by atoms with Gasteiger partial charge in [0.1, 0.15) is 5.75 Å². The molecule has 0 unspecified atom stereocenters. The summed E-state index contributed by atoms with van der Waals surface area (Å²) < 4.78 is 11.6. The van der Waals surface area contributed by atoms with Gasteiger partial charge in [-0.15, -0.1) is 5.10 Å². The van der Waals surface area contributed by atoms with Crippen LogP contribution in [0.2, 0.25) is 0 Å². The molecule has 0 saturated carbocycles. The van der Waals surface area contributed by atoms with E-state index in [1.165, 1.54) is 4.68 Å². The van der Waals surface area contributed by atoms with E-state index in [2.05, 4.69) is 35.8 Å². The number of anilines is 1. The fourth-order valence-corrected chi connectivity index (χ4v) is 2.76. The molecule has 3 aromatic rings. The summed E-state index contributed by atoms with van der Waals surface area (Å²) in [7, 11) is 0. The number of nitrogen functional groups attached to an aromatic ring is 1. The van der Waals surface area contributed by atoms with Gasteiger partial charge in [-0.05, 0) is 42.2 Å². The van der Waals surface area contributed by atoms with E-state index in [0.29, 0.717) is 23.8 Å². The van der Waals surface area contributed by atoms with Crippen LogP contribution in [0.4, 0.5) is 5.82 Å². The molecule has 0 atom stereocenters. The van der Waals surface area contributed by atoms with Crippen LogP contribution in [0.1, 0.15) is 55.4 Å². The van der Waals surface area contributed by atoms with Gasteiger partial charge in [0.2, 0.25) is 11.6 Å². The van der Waals surface area contributed by atoms with Crippen molar-refractivity contribution in [2.45, 2.75) is 33.6 Å². The molecule has 1 aromatic carbocycles. The zero-order chi connectivity index (χ0) is 21.0. The molecule has 152 valence electrons. The zero-order valence-corrected chi connectivity index (χ0v) is 16.6. The number of benzene rings is 1. The Morgan fingerprint density at radius 3 is 2.76 bits per heavy atom. The Balaban J connectivity index is 1.87. The maximum atomic E-state index is 12.7. The maximum Gasteiger partial charge on any atom is 0.293 e. The van der Waals surface area contributed by atoms with Gasteiger partial charge in [0, 0.05) is 5.56 Å². The van der Waals surface area contributed by atoms with E-state index in [1.54, 1.807) is 6.92 Å². The number of aromatic nitrogens is 5. The van der Waals surface area contributed by atoms with Crippen LogP contribution in [0.3, 0.4) is 0 Å². The van der Waals surface area contributed by atoms with Crippen molar-refractivity contribution in [3.8, 4) is 11.6 Å². The molecule has 11 heteroatoms. The van der Waals surface area contributed by atoms with E-state index < -0.39 is 5.91 Å². The molecular formula is C18H22N8O3. The van der Waals surface area contributed by atoms with Crippen molar-refractivity contribution < 1.29 is 14.2 Å². The minimum Gasteiger partial charge on any atom is -0.493 e. The lowest BCUT2D eigenvalue weighted by Crippen LogP contribution is -2.22. The van der Waals surface area contributed by atoms with Gasteiger partial charge in [-0.3, -0.25) is 4.79 Å². The molecule has 0 radical (unpaired) electrons. The van der Waals surface area contributed by atoms with Gasteiger partial charge < -0.3 is 10.5 Å². The molecule has 2 heterocycles. The van der Waals surface area contributed by atoms with Crippen LogP contribution in [-0.4, -0.2) is 43.5 Å². The molecule has 0 fully saturated rings. The third-order valence-electron chi connectivity index (χ3n) is 4.06. The smallest absolute Gasteiger partial charge is 0.293 e. The summed E-state index contributed by atoms with van der Waals surface area (Å²) in [6.07, 6.45) is 0. The normalized spacial score (nSPS) is 11.7. The average Bonchev–Trinajstić information content (AvgIpc) is 3.32. The highest BCUT2D eigenvalue weighted by molar-refractivity contribution is 6.02. The predicted octanol–water partition coefficient (Wildman–Crippen LogP) is 1.91. The lowest BCUT2D eigenvalue weighted by molar-refractivity contribution is 0.0948. The van der Waals surface area contributed by atoms with Gasteiger partial charge in [-0.25, -0.2) is 10.1 Å². The highest BCUT2D eigenvalue weighted by atomic mass is 16.6. The first-order chi connectivity index (χ1) is 13.9. The number of nitrogens with one attached hydrogen (secondary N) is 1. The third kappa shape index (κ3) is 4.08. The lowest BCUT2D eigenvalue weighted by Gasteiger charge is -2.10. The number of nitrogens with zero attached hydrogens (tertiary/aromatic N) is 6. The van der Waals surface area contributed by atoms with Crippen molar-refractivity contribution in [3.05, 3.63) is 41.2 Å². The summed E-state index contributed by atoms with van der Waals surface area (Å²) in [5.74, 6) is 0.290. The first kappa shape index (κ1) is 20.0. The van der Waals surface area contributed by atoms with Crippen molar-refractivity contribution >= 4 is 17.4 Å². The van der Waals surface area contributed by atoms with Gasteiger partial charge in [0.05, 0.1) is 18.0 Å². The van der Waals surface area contributed by atoms with Gasteiger partial charge in [0.25, 0.3) is 5.91 Å². The molecule has 3 N–H and O–H groups in total. The summed E-state index contributed by atoms with van der Waals surface area (Å²) in [4.78, 5) is 12.7. The molecule has 1 amide bonds. The number of ether oxygens (including phenoxy) is 1. The number of nitrogens with two attached hydrogens (primary N) is 1. The monoisotopic (exact) mass is 398 g/mol. The van der Waals surface area contributed by atoms with Gasteiger partial charge in [0.15, 0.2) is 5.69 Å². The topological polar surface area (TPSA) is 146 Å². The van der Waals surface area contributed by atoms with Crippen molar-refractivity contribution in [2.24, 2.45) is 5.10 Å². The predicted molar refractivity (Wildman–Crippen MR) is 105 cm³/mol. The fraction of sp³-hybridized carbons (Fsp3) is 0.333. The number of hydrogen-bond acceptors (Lipinski definition) is 9. The van der Waals surface area contributed by atoms with Crippen LogP contribution >= 0.6 is 0 Å². The molecule has 0 bridgehead atoms. The average molecular weight is 398 g/mol. The lowest BCUT2D eigenvalue weighted by atomic mass is 10.1. The van der Waals surface area contributed by atoms with Gasteiger partial charge in [-0.2, -0.15) is 9.78 Å². The van der Waals surface area contributed by atoms with Crippen molar-refractivity contribution in [2.75, 3.05) is 12.3 Å². The molecule has 0 aliphatic heterocycles. The molecular weight excluding hydrogens is 376 g/mol. The first-order valence-electron chi connectivity index (χ1n) is 9.04. The summed E-state index contributed by atoms with van der Waals surface area (Å²) >= 11 is 0. The third-order valence-corrected chi connectivity index (χ3v) is 4.06. The minimum absolute atomic E-state index is 0.0464. The molecule has 29 heavy (non-hydrogen) atoms. The number of para-hydroxylation sites is 1. The van der Waals surface area contributed by atoms with Crippen LogP contribution < -0.4 is 15.9 Å². The van der Waals surface area contributed by atoms with E-state index >= 15 is 0 Å². The molecule has 0 spiro atoms. The molecule has 2 aromatic heterocycles. The number of carbonyl (C=O) groups excluding carboxylic acids is 1. The first-order valence-corrected chi connectivity index (χ1v) is 9.04. The largest absolute Gasteiger partial charge is 0.493 e. The van der Waals surface area contributed by atoms with E-state index in [1.807, 2.05) is 45.0 Å². The number of amides is 1. The molecule has 11 nitrogen and oxygen atoms in total. The Bertz CT molecular complexity index is 1040. The summed E-state index contributed by atoms with van der Waals surface area (Å²) in [6.45, 7) is 7.99. The van der Waals surface area contributed by atoms with Crippen LogP contribution in [0.25, 0.3) is 5.82 Å². The highest BCUT2D eigenvalue weighted by Crippen LogP contribution is 2.23. The number of hydrogen-bond donors (Lipinski definition) is 2. The Morgan fingerprint density at radius 2 is 2.10 bits per heavy atom. The maximum absolute atomic E-state index is 12.7. The van der Waals surface area contributed by atoms with E-state index in [9.17, 15) is 4.79 Å². The Labute approximate surface area is 166 Å². The second-order valence-corrected chi connectivity index (χ2v) is 6.43. The van der Waals surface area contributed by atoms with Gasteiger partial charge >= 0.3 is 0 Å². The van der Waals surface area contributed by atoms with Crippen LogP contribution in [0.15, 0.2) is 34.0 Å². The Hall–Kier alpha value is -3.76. The number of hydrazone groups is 1. The highest BCUT2D eigenvalue weighted by Gasteiger charge is 2.25. The quantitative estimate of drug-likeness (QED) is 0.453. The van der Waals surface area contributed by atoms with Crippen LogP contribution in [-0.2, 0) is 0 Å². The van der Waals surface area contributed by atoms with Crippen molar-refractivity contribution in [1.29, 1.82) is 0 Å². The summed E-state index contributed by atoms with van der Waals surface area (Å²) in [5, 5.41) is 19.4. The van der Waals surface area contributed by atoms with Crippen molar-refractivity contribution in [3.63, 3.8) is 0 Å². The summed E-state index contributed by atoms with van der Waals surface area (Å²) in [6, 6.07) is 7.46. The molecule has 0 aliphatic carbocycles. The SMILES string of the molecule is CCOc1ccccc1/C(C)=N\NC(=O)c1nnn(-c2nonc2N)c1C(C)C. The minimum atomic E-state index is -0.511. The Morgan fingerprint density at radius 1 is 1.34 bits per heavy atom. The molecule has 0 aliphatic rings. The second-order valence-electron chi connectivity index (χ2n) is 6.43. The number of rotatable bonds is 7. The van der Waals surface area contributed by atoms with E-state index in [0.717, 1.165) is 5.56 Å². The van der Waals surface area contributed by atoms with E-state index in [-0.39, 0.29) is 23.2 Å². The zero-order valence-electron chi connectivity index (χ0n) is 16.6. The number of carbonyl (C=O) groups is 1. The summed E-state index contributed by atoms with van der Waals surface area (Å²) in [5.41, 5.74) is 10.2. The fourth-order valence-electron chi connectivity index (χ4n) is 2.76. The standard InChI is InChI=1S/C18H22N8O3/c1-5-28-13-9-7-6-8-12(13)11(4)20-22-18(27)14-15(10(2)3)26(25-21-14)17-16(19)23-29-24-17/h6-10H,5H2,1-4H3,(H2,19,23)(H,22,27)/b20-11-. The van der Waals surface area contributed by atoms with Crippen LogP contribution in [0, 0.1) is 0 Å². The van der Waals surface area contributed by atoms with Gasteiger partial charge in [-0.1, -0.05) is 31.2 Å². The molecule has 0 saturated heterocycles. The van der Waals surface area contributed by atoms with E-state index in [4.69, 9.17) is 10.5 Å². The molecule has 3 rings (SSSR count). The second kappa shape index (κ2) is 8.50. The van der Waals surface area contributed by atoms with Crippen molar-refractivity contribution in [1.82, 2.24) is 30.7 Å². The van der Waals surface area contributed by atoms with Crippen LogP contribution in [0.5, 0.6) is 5.75 Å². The Kier molecular flexibility index (Phi) is 5.86.